The first-order chi connectivity index (χ1) is 8.66. The van der Waals surface area contributed by atoms with Crippen molar-refractivity contribution in [2.45, 2.75) is 6.92 Å². The summed E-state index contributed by atoms with van der Waals surface area (Å²) in [6.07, 6.45) is 1.76. The Morgan fingerprint density at radius 2 is 1.89 bits per heavy atom. The molecule has 4 nitrogen and oxygen atoms in total. The molecule has 0 aliphatic rings. The predicted octanol–water partition coefficient (Wildman–Crippen LogP) is 2.96. The molecular formula is C13H11ClN4. The van der Waals surface area contributed by atoms with Gasteiger partial charge in [0.15, 0.2) is 5.65 Å². The van der Waals surface area contributed by atoms with Gasteiger partial charge in [-0.1, -0.05) is 11.6 Å². The number of pyridine rings is 1. The third kappa shape index (κ3) is 1.62. The molecule has 0 atom stereocenters. The van der Waals surface area contributed by atoms with Gasteiger partial charge >= 0.3 is 0 Å². The van der Waals surface area contributed by atoms with Gasteiger partial charge in [-0.2, -0.15) is 0 Å². The third-order valence-corrected chi connectivity index (χ3v) is 3.11. The lowest BCUT2D eigenvalue weighted by Crippen LogP contribution is -2.01. The number of nitrogens with two attached hydrogens (primary N) is 1. The molecule has 2 aromatic heterocycles. The van der Waals surface area contributed by atoms with E-state index in [1.54, 1.807) is 6.20 Å². The van der Waals surface area contributed by atoms with Crippen LogP contribution in [-0.2, 0) is 0 Å². The van der Waals surface area contributed by atoms with E-state index in [1.807, 2.05) is 41.8 Å². The Morgan fingerprint density at radius 1 is 1.17 bits per heavy atom. The number of hydrogen-bond acceptors (Lipinski definition) is 3. The highest BCUT2D eigenvalue weighted by Crippen LogP contribution is 2.24. The number of aryl methyl sites for hydroxylation is 1. The number of fused-ring (bicyclic) bond motifs is 1. The van der Waals surface area contributed by atoms with Crippen molar-refractivity contribution in [1.82, 2.24) is 14.5 Å². The Bertz CT molecular complexity index is 716. The van der Waals surface area contributed by atoms with Gasteiger partial charge in [-0.3, -0.25) is 4.57 Å². The summed E-state index contributed by atoms with van der Waals surface area (Å²) in [6, 6.07) is 9.34. The summed E-state index contributed by atoms with van der Waals surface area (Å²) in [5, 5.41) is 0.686. The molecule has 0 fully saturated rings. The van der Waals surface area contributed by atoms with E-state index in [0.29, 0.717) is 11.0 Å². The lowest BCUT2D eigenvalue weighted by atomic mass is 10.2. The van der Waals surface area contributed by atoms with E-state index in [2.05, 4.69) is 9.97 Å². The molecule has 0 bridgehead atoms. The summed E-state index contributed by atoms with van der Waals surface area (Å²) in [4.78, 5) is 8.71. The maximum absolute atomic E-state index is 5.97. The zero-order chi connectivity index (χ0) is 12.7. The fraction of sp³-hybridized carbons (Fsp3) is 0.0769. The van der Waals surface area contributed by atoms with Crippen molar-refractivity contribution in [2.75, 3.05) is 5.73 Å². The Balaban J connectivity index is 2.32. The van der Waals surface area contributed by atoms with Crippen molar-refractivity contribution in [3.05, 3.63) is 47.1 Å². The van der Waals surface area contributed by atoms with E-state index in [-0.39, 0.29) is 0 Å². The number of rotatable bonds is 1. The van der Waals surface area contributed by atoms with Crippen molar-refractivity contribution < 1.29 is 0 Å². The Morgan fingerprint density at radius 3 is 2.61 bits per heavy atom. The maximum atomic E-state index is 5.97. The number of halogens is 1. The minimum Gasteiger partial charge on any atom is -0.369 e. The van der Waals surface area contributed by atoms with Crippen LogP contribution < -0.4 is 5.73 Å². The van der Waals surface area contributed by atoms with Crippen LogP contribution in [0.5, 0.6) is 0 Å². The zero-order valence-corrected chi connectivity index (χ0v) is 10.5. The monoisotopic (exact) mass is 258 g/mol. The summed E-state index contributed by atoms with van der Waals surface area (Å²) in [5.41, 5.74) is 9.51. The van der Waals surface area contributed by atoms with Gasteiger partial charge in [0.25, 0.3) is 0 Å². The topological polar surface area (TPSA) is 56.7 Å². The minimum absolute atomic E-state index is 0.425. The van der Waals surface area contributed by atoms with Crippen LogP contribution in [0.15, 0.2) is 36.5 Å². The molecule has 3 aromatic rings. The molecule has 0 unspecified atom stereocenters. The number of anilines is 1. The number of benzene rings is 1. The van der Waals surface area contributed by atoms with Gasteiger partial charge in [0.1, 0.15) is 5.52 Å². The van der Waals surface area contributed by atoms with Crippen molar-refractivity contribution >= 4 is 28.7 Å². The fourth-order valence-electron chi connectivity index (χ4n) is 1.96. The second-order valence-electron chi connectivity index (χ2n) is 4.08. The van der Waals surface area contributed by atoms with Crippen molar-refractivity contribution in [2.24, 2.45) is 0 Å². The van der Waals surface area contributed by atoms with Crippen LogP contribution in [0, 0.1) is 6.92 Å². The van der Waals surface area contributed by atoms with E-state index >= 15 is 0 Å². The highest BCUT2D eigenvalue weighted by molar-refractivity contribution is 6.30. The average Bonchev–Trinajstić information content (AvgIpc) is 2.69. The van der Waals surface area contributed by atoms with Gasteiger partial charge in [-0.15, -0.1) is 0 Å². The van der Waals surface area contributed by atoms with Crippen LogP contribution >= 0.6 is 11.6 Å². The Kier molecular flexibility index (Phi) is 2.45. The Labute approximate surface area is 109 Å². The van der Waals surface area contributed by atoms with Crippen LogP contribution in [0.25, 0.3) is 16.9 Å². The van der Waals surface area contributed by atoms with E-state index in [4.69, 9.17) is 17.3 Å². The lowest BCUT2D eigenvalue weighted by Gasteiger charge is -2.05. The first-order valence-corrected chi connectivity index (χ1v) is 5.90. The summed E-state index contributed by atoms with van der Waals surface area (Å²) in [7, 11) is 0. The molecule has 2 heterocycles. The lowest BCUT2D eigenvalue weighted by molar-refractivity contribution is 1.08. The molecule has 0 saturated heterocycles. The normalized spacial score (nSPS) is 11.0. The molecule has 0 radical (unpaired) electrons. The van der Waals surface area contributed by atoms with Crippen LogP contribution in [0.3, 0.4) is 0 Å². The average molecular weight is 259 g/mol. The smallest absolute Gasteiger partial charge is 0.207 e. The molecule has 0 amide bonds. The van der Waals surface area contributed by atoms with Gasteiger partial charge in [0, 0.05) is 11.2 Å². The standard InChI is InChI=1S/C13H11ClN4/c1-8-6-7-16-12-11(8)17-13(15)18(12)10-4-2-9(14)3-5-10/h2-7H,1H3,(H2,15,17). The largest absolute Gasteiger partial charge is 0.369 e. The summed E-state index contributed by atoms with van der Waals surface area (Å²) in [5.74, 6) is 0.425. The van der Waals surface area contributed by atoms with E-state index in [1.165, 1.54) is 0 Å². The molecule has 2 N–H and O–H groups in total. The number of aromatic nitrogens is 3. The Hall–Kier alpha value is -2.07. The molecule has 5 heteroatoms. The van der Waals surface area contributed by atoms with Crippen molar-refractivity contribution in [3.63, 3.8) is 0 Å². The first kappa shape index (κ1) is 11.0. The van der Waals surface area contributed by atoms with Crippen LogP contribution in [0.4, 0.5) is 5.95 Å². The third-order valence-electron chi connectivity index (χ3n) is 2.86. The molecule has 0 aliphatic heterocycles. The molecule has 0 saturated carbocycles. The second-order valence-corrected chi connectivity index (χ2v) is 4.52. The highest BCUT2D eigenvalue weighted by atomic mass is 35.5. The van der Waals surface area contributed by atoms with Gasteiger partial charge in [-0.25, -0.2) is 9.97 Å². The molecule has 90 valence electrons. The minimum atomic E-state index is 0.425. The van der Waals surface area contributed by atoms with E-state index < -0.39 is 0 Å². The maximum Gasteiger partial charge on any atom is 0.207 e. The summed E-state index contributed by atoms with van der Waals surface area (Å²) < 4.78 is 1.82. The molecular weight excluding hydrogens is 248 g/mol. The molecule has 3 rings (SSSR count). The summed E-state index contributed by atoms with van der Waals surface area (Å²) >= 11 is 5.88. The van der Waals surface area contributed by atoms with Crippen molar-refractivity contribution in [1.29, 1.82) is 0 Å². The zero-order valence-electron chi connectivity index (χ0n) is 9.76. The van der Waals surface area contributed by atoms with Crippen LogP contribution in [0.2, 0.25) is 5.02 Å². The van der Waals surface area contributed by atoms with Crippen LogP contribution in [0.1, 0.15) is 5.56 Å². The fourth-order valence-corrected chi connectivity index (χ4v) is 2.08. The van der Waals surface area contributed by atoms with Gasteiger partial charge in [-0.05, 0) is 42.8 Å². The summed E-state index contributed by atoms with van der Waals surface area (Å²) in [6.45, 7) is 1.99. The first-order valence-electron chi connectivity index (χ1n) is 5.52. The van der Waals surface area contributed by atoms with E-state index in [0.717, 1.165) is 22.4 Å². The number of hydrogen-bond donors (Lipinski definition) is 1. The number of imidazole rings is 1. The van der Waals surface area contributed by atoms with E-state index in [9.17, 15) is 0 Å². The number of nitrogen functional groups attached to an aromatic ring is 1. The van der Waals surface area contributed by atoms with Gasteiger partial charge in [0.05, 0.1) is 5.69 Å². The molecule has 18 heavy (non-hydrogen) atoms. The molecule has 1 aromatic carbocycles. The quantitative estimate of drug-likeness (QED) is 0.730. The predicted molar refractivity (Wildman–Crippen MR) is 73.0 cm³/mol. The molecule has 0 spiro atoms. The highest BCUT2D eigenvalue weighted by Gasteiger charge is 2.12. The second kappa shape index (κ2) is 3.99. The van der Waals surface area contributed by atoms with Gasteiger partial charge in [0.2, 0.25) is 5.95 Å². The van der Waals surface area contributed by atoms with Crippen LogP contribution in [-0.4, -0.2) is 14.5 Å². The number of nitrogens with zero attached hydrogens (tertiary/aromatic N) is 3. The molecule has 0 aliphatic carbocycles. The van der Waals surface area contributed by atoms with Gasteiger partial charge < -0.3 is 5.73 Å². The SMILES string of the molecule is Cc1ccnc2c1nc(N)n2-c1ccc(Cl)cc1. The van der Waals surface area contributed by atoms with Crippen molar-refractivity contribution in [3.8, 4) is 5.69 Å².